The van der Waals surface area contributed by atoms with Crippen LogP contribution in [0.4, 0.5) is 0 Å². The first-order valence-electron chi connectivity index (χ1n) is 8.33. The van der Waals surface area contributed by atoms with Crippen molar-refractivity contribution in [1.82, 2.24) is 4.90 Å². The van der Waals surface area contributed by atoms with Crippen molar-refractivity contribution in [3.8, 4) is 11.1 Å². The molecule has 3 rings (SSSR count). The zero-order chi connectivity index (χ0) is 24.8. The van der Waals surface area contributed by atoms with Gasteiger partial charge in [-0.2, -0.15) is 0 Å². The van der Waals surface area contributed by atoms with Crippen LogP contribution in [0.25, 0.3) is 16.8 Å². The van der Waals surface area contributed by atoms with Gasteiger partial charge in [0.25, 0.3) is 0 Å². The topological polar surface area (TPSA) is 116 Å². The van der Waals surface area contributed by atoms with E-state index in [1.165, 1.54) is 48.9 Å². The summed E-state index contributed by atoms with van der Waals surface area (Å²) in [6.45, 7) is 31.1. The standard InChI is InChI=1S/C18H19NO.5CO.W/c1-14-12-17(16-8-4-3-5-9-16)18(13-20-14)15(2)19-10-6-7-11-19;5*1-2;/h3-5,8-9,12H,2,6-7,10-11H2,1H3;;;;;;. The molecule has 1 aromatic carbocycles. The minimum atomic E-state index is 0.955. The molecular formula is C23H19NO6W. The Morgan fingerprint density at radius 1 is 0.903 bits per heavy atom. The van der Waals surface area contributed by atoms with Gasteiger partial charge in [-0.05, 0) is 0 Å². The van der Waals surface area contributed by atoms with Crippen molar-refractivity contribution in [3.05, 3.63) is 91.3 Å². The summed E-state index contributed by atoms with van der Waals surface area (Å²) in [5.41, 5.74) is 4.76. The molecule has 7 nitrogen and oxygen atoms in total. The van der Waals surface area contributed by atoms with Gasteiger partial charge in [-0.25, -0.2) is 0 Å². The molecule has 1 saturated heterocycles. The number of benzene rings is 1. The van der Waals surface area contributed by atoms with Gasteiger partial charge in [0.15, 0.2) is 0 Å². The Morgan fingerprint density at radius 2 is 1.35 bits per heavy atom. The van der Waals surface area contributed by atoms with Gasteiger partial charge in [-0.15, -0.1) is 0 Å². The van der Waals surface area contributed by atoms with Crippen LogP contribution < -0.4 is 0 Å². The predicted octanol–water partition coefficient (Wildman–Crippen LogP) is 4.21. The van der Waals surface area contributed by atoms with E-state index in [1.807, 2.05) is 6.92 Å². The molecular weight excluding hydrogens is 570 g/mol. The zero-order valence-electron chi connectivity index (χ0n) is 16.8. The molecule has 1 aromatic heterocycles. The van der Waals surface area contributed by atoms with Gasteiger partial charge in [0, 0.05) is 0 Å². The molecule has 1 aliphatic rings. The third kappa shape index (κ3) is 10.8. The Labute approximate surface area is 192 Å². The van der Waals surface area contributed by atoms with Crippen LogP contribution in [0.1, 0.15) is 24.2 Å². The zero-order valence-corrected chi connectivity index (χ0v) is 19.7. The SMILES string of the molecule is C=C(c1c(-c2ccccc2)cc(C)o[c]1=[W])N1CCCC1.[C-]#[O+].[C-]#[O+].[C-]#[O+].[C-]#[O+].[C-]#[O+]. The molecule has 0 atom stereocenters. The number of aryl methyl sites for hydroxylation is 1. The molecule has 0 saturated carbocycles. The molecule has 0 N–H and O–H groups in total. The van der Waals surface area contributed by atoms with E-state index in [-0.39, 0.29) is 0 Å². The van der Waals surface area contributed by atoms with Crippen LogP contribution in [0.5, 0.6) is 0 Å². The van der Waals surface area contributed by atoms with Gasteiger partial charge in [-0.1, -0.05) is 0 Å². The van der Waals surface area contributed by atoms with Crippen molar-refractivity contribution < 1.29 is 47.0 Å². The maximum atomic E-state index is 7.50. The van der Waals surface area contributed by atoms with Crippen LogP contribution in [0, 0.1) is 43.9 Å². The number of hydrogen-bond donors (Lipinski definition) is 0. The van der Waals surface area contributed by atoms with Crippen molar-refractivity contribution in [2.24, 2.45) is 0 Å². The van der Waals surface area contributed by atoms with Crippen LogP contribution in [-0.2, 0) is 42.6 Å². The summed E-state index contributed by atoms with van der Waals surface area (Å²) in [5, 5.41) is 0. The summed E-state index contributed by atoms with van der Waals surface area (Å²) < 4.78 is 44.4. The van der Waals surface area contributed by atoms with Crippen molar-refractivity contribution in [3.63, 3.8) is 0 Å². The van der Waals surface area contributed by atoms with E-state index in [0.29, 0.717) is 0 Å². The Hall–Kier alpha value is -2.70. The van der Waals surface area contributed by atoms with Crippen molar-refractivity contribution >= 4 is 5.70 Å². The molecule has 1 fully saturated rings. The van der Waals surface area contributed by atoms with Gasteiger partial charge in [-0.3, -0.25) is 0 Å². The van der Waals surface area contributed by atoms with Crippen LogP contribution >= 0.6 is 0 Å². The summed E-state index contributed by atoms with van der Waals surface area (Å²) in [4.78, 5) is 2.39. The van der Waals surface area contributed by atoms with Gasteiger partial charge in [0.2, 0.25) is 0 Å². The number of rotatable bonds is 3. The molecule has 0 unspecified atom stereocenters. The normalized spacial score (nSPS) is 10.1. The van der Waals surface area contributed by atoms with E-state index in [1.54, 1.807) is 0 Å². The first-order chi connectivity index (χ1) is 15.2. The number of nitrogens with zero attached hydrogens (tertiary/aromatic N) is 1. The third-order valence-electron chi connectivity index (χ3n) is 3.94. The van der Waals surface area contributed by atoms with Gasteiger partial charge in [0.1, 0.15) is 0 Å². The van der Waals surface area contributed by atoms with Gasteiger partial charge >= 0.3 is 193 Å². The average molecular weight is 589 g/mol. The third-order valence-corrected chi connectivity index (χ3v) is 4.97. The Bertz CT molecular complexity index is 898. The first kappa shape index (κ1) is 32.9. The molecule has 31 heavy (non-hydrogen) atoms. The Kier molecular flexibility index (Phi) is 23.4. The summed E-state index contributed by atoms with van der Waals surface area (Å²) in [6, 6.07) is 12.7. The van der Waals surface area contributed by atoms with Crippen molar-refractivity contribution in [2.45, 2.75) is 19.8 Å². The van der Waals surface area contributed by atoms with E-state index >= 15 is 0 Å². The van der Waals surface area contributed by atoms with E-state index < -0.39 is 0 Å². The second-order valence-corrected chi connectivity index (χ2v) is 6.77. The first-order valence-corrected chi connectivity index (χ1v) is 9.80. The summed E-state index contributed by atoms with van der Waals surface area (Å²) >= 11 is 1.35. The molecule has 1 aliphatic heterocycles. The Balaban J connectivity index is -0.000000692. The fourth-order valence-corrected chi connectivity index (χ4v) is 4.17. The van der Waals surface area contributed by atoms with E-state index in [4.69, 9.17) is 27.7 Å². The number of likely N-dealkylation sites (tertiary alicyclic amines) is 1. The minimum absolute atomic E-state index is 0.955. The molecule has 2 heterocycles. The second-order valence-electron chi connectivity index (χ2n) is 5.44. The van der Waals surface area contributed by atoms with Crippen molar-refractivity contribution in [2.75, 3.05) is 13.1 Å². The second kappa shape index (κ2) is 22.0. The molecule has 0 radical (unpaired) electrons. The van der Waals surface area contributed by atoms with Crippen LogP contribution in [0.15, 0.2) is 47.4 Å². The van der Waals surface area contributed by atoms with Crippen LogP contribution in [0.2, 0.25) is 0 Å². The quantitative estimate of drug-likeness (QED) is 0.394. The monoisotopic (exact) mass is 589 g/mol. The molecule has 2 aromatic rings. The van der Waals surface area contributed by atoms with Crippen molar-refractivity contribution in [1.29, 1.82) is 0 Å². The van der Waals surface area contributed by atoms with Gasteiger partial charge < -0.3 is 0 Å². The fourth-order valence-electron chi connectivity index (χ4n) is 2.88. The molecule has 0 aliphatic carbocycles. The molecule has 8 heteroatoms. The predicted molar refractivity (Wildman–Crippen MR) is 102 cm³/mol. The average Bonchev–Trinajstić information content (AvgIpc) is 3.40. The van der Waals surface area contributed by atoms with Crippen LogP contribution in [-0.4, -0.2) is 18.0 Å². The molecule has 0 spiro atoms. The summed E-state index contributed by atoms with van der Waals surface area (Å²) in [6.07, 6.45) is 2.52. The summed E-state index contributed by atoms with van der Waals surface area (Å²) in [7, 11) is 0. The summed E-state index contributed by atoms with van der Waals surface area (Å²) in [5.74, 6) is 0.955. The number of hydrogen-bond acceptors (Lipinski definition) is 2. The molecule has 0 amide bonds. The van der Waals surface area contributed by atoms with Gasteiger partial charge in [0.05, 0.1) is 0 Å². The fraction of sp³-hybridized carbons (Fsp3) is 0.217. The Morgan fingerprint density at radius 3 is 1.81 bits per heavy atom. The molecule has 158 valence electrons. The van der Waals surface area contributed by atoms with E-state index in [2.05, 4.69) is 81.1 Å². The maximum absolute atomic E-state index is 7.50. The van der Waals surface area contributed by atoms with Crippen LogP contribution in [0.3, 0.4) is 0 Å². The van der Waals surface area contributed by atoms with E-state index in [0.717, 1.165) is 28.3 Å². The van der Waals surface area contributed by atoms with E-state index in [9.17, 15) is 0 Å². The molecule has 0 bridgehead atoms.